The Bertz CT molecular complexity index is 2310. The topological polar surface area (TPSA) is 0 Å². The summed E-state index contributed by atoms with van der Waals surface area (Å²) >= 11 is 1.90. The highest BCUT2D eigenvalue weighted by atomic mass is 32.1. The van der Waals surface area contributed by atoms with Gasteiger partial charge in [0.2, 0.25) is 0 Å². The molecule has 0 nitrogen and oxygen atoms in total. The molecule has 0 N–H and O–H groups in total. The fraction of sp³-hybridized carbons (Fsp3) is 0.0500. The molecule has 1 aromatic heterocycles. The van der Waals surface area contributed by atoms with Crippen molar-refractivity contribution < 1.29 is 0 Å². The summed E-state index contributed by atoms with van der Waals surface area (Å²) in [6, 6.07) is 45.4. The SMILES string of the molecule is C1=Cc2c(cc3ccccc3c2-c2ccc3sc4ccc(-c5c6ccccc6cc6ccccc56)cc4c3c2)CC1. The Morgan fingerprint density at radius 1 is 0.463 bits per heavy atom. The van der Waals surface area contributed by atoms with Crippen LogP contribution in [0.5, 0.6) is 0 Å². The van der Waals surface area contributed by atoms with Gasteiger partial charge in [0.1, 0.15) is 0 Å². The van der Waals surface area contributed by atoms with Crippen LogP contribution in [0.2, 0.25) is 0 Å². The average Bonchev–Trinajstić information content (AvgIpc) is 3.39. The number of rotatable bonds is 2. The normalized spacial score (nSPS) is 13.1. The van der Waals surface area contributed by atoms with E-state index in [1.165, 1.54) is 85.9 Å². The highest BCUT2D eigenvalue weighted by Crippen LogP contribution is 2.44. The second kappa shape index (κ2) is 8.89. The van der Waals surface area contributed by atoms with Crippen molar-refractivity contribution in [2.75, 3.05) is 0 Å². The minimum absolute atomic E-state index is 1.11. The van der Waals surface area contributed by atoms with E-state index >= 15 is 0 Å². The van der Waals surface area contributed by atoms with Gasteiger partial charge in [0.05, 0.1) is 0 Å². The first-order valence-corrected chi connectivity index (χ1v) is 15.2. The highest BCUT2D eigenvalue weighted by molar-refractivity contribution is 7.25. The van der Waals surface area contributed by atoms with Gasteiger partial charge in [0, 0.05) is 20.2 Å². The van der Waals surface area contributed by atoms with E-state index in [0.717, 1.165) is 12.8 Å². The quantitative estimate of drug-likeness (QED) is 0.192. The zero-order valence-electron chi connectivity index (χ0n) is 22.5. The number of thiophene rings is 1. The molecular weight excluding hydrogens is 513 g/mol. The first-order chi connectivity index (χ1) is 20.3. The second-order valence-corrected chi connectivity index (χ2v) is 12.3. The number of allylic oxidation sites excluding steroid dienone is 1. The monoisotopic (exact) mass is 538 g/mol. The molecule has 7 aromatic carbocycles. The van der Waals surface area contributed by atoms with E-state index in [2.05, 4.69) is 133 Å². The predicted octanol–water partition coefficient (Wildman–Crippen LogP) is 11.8. The molecule has 1 aliphatic carbocycles. The van der Waals surface area contributed by atoms with Gasteiger partial charge in [-0.2, -0.15) is 0 Å². The molecule has 8 aromatic rings. The third-order valence-electron chi connectivity index (χ3n) is 8.86. The maximum Gasteiger partial charge on any atom is 0.0355 e. The summed E-state index contributed by atoms with van der Waals surface area (Å²) < 4.78 is 2.68. The van der Waals surface area contributed by atoms with Gasteiger partial charge in [-0.1, -0.05) is 103 Å². The van der Waals surface area contributed by atoms with Crippen LogP contribution in [0, 0.1) is 0 Å². The summed E-state index contributed by atoms with van der Waals surface area (Å²) in [5.74, 6) is 0. The fourth-order valence-corrected chi connectivity index (χ4v) is 8.05. The van der Waals surface area contributed by atoms with E-state index < -0.39 is 0 Å². The smallest absolute Gasteiger partial charge is 0.0355 e. The molecule has 41 heavy (non-hydrogen) atoms. The Hall–Kier alpha value is -4.72. The van der Waals surface area contributed by atoms with E-state index in [4.69, 9.17) is 0 Å². The molecule has 1 heterocycles. The van der Waals surface area contributed by atoms with Crippen molar-refractivity contribution in [3.63, 3.8) is 0 Å². The molecule has 0 bridgehead atoms. The summed E-state index contributed by atoms with van der Waals surface area (Å²) in [6.45, 7) is 0. The average molecular weight is 539 g/mol. The van der Waals surface area contributed by atoms with Gasteiger partial charge in [0.15, 0.2) is 0 Å². The van der Waals surface area contributed by atoms with Gasteiger partial charge < -0.3 is 0 Å². The largest absolute Gasteiger partial charge is 0.135 e. The molecule has 0 atom stereocenters. The summed E-state index contributed by atoms with van der Waals surface area (Å²) in [7, 11) is 0. The van der Waals surface area contributed by atoms with Crippen LogP contribution in [0.4, 0.5) is 0 Å². The highest BCUT2D eigenvalue weighted by Gasteiger charge is 2.17. The molecule has 0 saturated carbocycles. The van der Waals surface area contributed by atoms with Gasteiger partial charge in [-0.05, 0) is 109 Å². The summed E-state index contributed by atoms with van der Waals surface area (Å²) in [5, 5.41) is 10.5. The van der Waals surface area contributed by atoms with Crippen LogP contribution in [0.3, 0.4) is 0 Å². The predicted molar refractivity (Wildman–Crippen MR) is 180 cm³/mol. The van der Waals surface area contributed by atoms with Gasteiger partial charge in [-0.15, -0.1) is 11.3 Å². The molecule has 0 unspecified atom stereocenters. The van der Waals surface area contributed by atoms with Crippen LogP contribution in [0.15, 0.2) is 127 Å². The van der Waals surface area contributed by atoms with Crippen molar-refractivity contribution in [2.45, 2.75) is 12.8 Å². The van der Waals surface area contributed by atoms with Gasteiger partial charge in [-0.3, -0.25) is 0 Å². The van der Waals surface area contributed by atoms with Crippen molar-refractivity contribution in [1.29, 1.82) is 0 Å². The zero-order chi connectivity index (χ0) is 26.9. The Balaban J connectivity index is 1.32. The first kappa shape index (κ1) is 23.0. The number of benzene rings is 7. The summed E-state index contributed by atoms with van der Waals surface area (Å²) in [4.78, 5) is 0. The summed E-state index contributed by atoms with van der Waals surface area (Å²) in [5.41, 5.74) is 8.12. The van der Waals surface area contributed by atoms with Crippen LogP contribution in [0.1, 0.15) is 17.5 Å². The molecule has 1 heteroatoms. The number of aryl methyl sites for hydroxylation is 1. The minimum Gasteiger partial charge on any atom is -0.135 e. The Morgan fingerprint density at radius 3 is 1.63 bits per heavy atom. The van der Waals surface area contributed by atoms with E-state index in [9.17, 15) is 0 Å². The molecule has 9 rings (SSSR count). The van der Waals surface area contributed by atoms with Gasteiger partial charge in [0.25, 0.3) is 0 Å². The lowest BCUT2D eigenvalue weighted by molar-refractivity contribution is 0.989. The molecule has 0 fully saturated rings. The Morgan fingerprint density at radius 2 is 1.00 bits per heavy atom. The first-order valence-electron chi connectivity index (χ1n) is 14.4. The maximum absolute atomic E-state index is 2.45. The lowest BCUT2D eigenvalue weighted by atomic mass is 9.85. The lowest BCUT2D eigenvalue weighted by Gasteiger charge is -2.19. The second-order valence-electron chi connectivity index (χ2n) is 11.2. The molecule has 0 saturated heterocycles. The summed E-state index contributed by atoms with van der Waals surface area (Å²) in [6.07, 6.45) is 6.90. The Kier molecular flexibility index (Phi) is 5.00. The zero-order valence-corrected chi connectivity index (χ0v) is 23.3. The van der Waals surface area contributed by atoms with Crippen LogP contribution >= 0.6 is 11.3 Å². The van der Waals surface area contributed by atoms with Crippen LogP contribution in [-0.4, -0.2) is 0 Å². The molecule has 0 radical (unpaired) electrons. The molecule has 0 spiro atoms. The third-order valence-corrected chi connectivity index (χ3v) is 10.0. The van der Waals surface area contributed by atoms with Gasteiger partial charge in [-0.25, -0.2) is 0 Å². The molecule has 192 valence electrons. The molecule has 1 aliphatic rings. The van der Waals surface area contributed by atoms with E-state index in [1.54, 1.807) is 0 Å². The number of fused-ring (bicyclic) bond motifs is 7. The number of hydrogen-bond donors (Lipinski definition) is 0. The van der Waals surface area contributed by atoms with Crippen LogP contribution in [-0.2, 0) is 6.42 Å². The van der Waals surface area contributed by atoms with Crippen molar-refractivity contribution in [1.82, 2.24) is 0 Å². The van der Waals surface area contributed by atoms with Crippen molar-refractivity contribution in [3.05, 3.63) is 139 Å². The van der Waals surface area contributed by atoms with Crippen molar-refractivity contribution in [3.8, 4) is 22.3 Å². The standard InChI is InChI=1S/C40H26S/c1-5-13-31-25(9-1)21-26-10-2-6-14-32(26)39(31)29-17-19-37-35(23-29)36-24-30(18-20-38(36)41-37)40-33-15-7-3-11-27(33)22-28-12-4-8-16-34(28)40/h1-3,5-11,13-24H,4,12H2. The van der Waals surface area contributed by atoms with E-state index in [1.807, 2.05) is 11.3 Å². The maximum atomic E-state index is 2.45. The Labute approximate surface area is 242 Å². The van der Waals surface area contributed by atoms with Crippen molar-refractivity contribution >= 4 is 69.9 Å². The van der Waals surface area contributed by atoms with Crippen LogP contribution < -0.4 is 0 Å². The third kappa shape index (κ3) is 3.53. The van der Waals surface area contributed by atoms with E-state index in [-0.39, 0.29) is 0 Å². The van der Waals surface area contributed by atoms with E-state index in [0.29, 0.717) is 0 Å². The van der Waals surface area contributed by atoms with Crippen LogP contribution in [0.25, 0.3) is 80.8 Å². The molecular formula is C40H26S. The minimum atomic E-state index is 1.11. The number of hydrogen-bond acceptors (Lipinski definition) is 1. The molecule has 0 aliphatic heterocycles. The fourth-order valence-electron chi connectivity index (χ4n) is 6.98. The van der Waals surface area contributed by atoms with Crippen molar-refractivity contribution in [2.24, 2.45) is 0 Å². The molecule has 0 amide bonds. The lowest BCUT2D eigenvalue weighted by Crippen LogP contribution is -1.98. The van der Waals surface area contributed by atoms with Gasteiger partial charge >= 0.3 is 0 Å².